The first-order valence-corrected chi connectivity index (χ1v) is 6.16. The van der Waals surface area contributed by atoms with Crippen LogP contribution in [0.5, 0.6) is 0 Å². The van der Waals surface area contributed by atoms with Crippen molar-refractivity contribution in [2.45, 2.75) is 0 Å². The molecule has 0 spiro atoms. The zero-order valence-corrected chi connectivity index (χ0v) is 9.78. The number of hydrogen-bond donors (Lipinski definition) is 0. The van der Waals surface area contributed by atoms with E-state index in [9.17, 15) is 4.79 Å². The second-order valence-corrected chi connectivity index (χ2v) is 4.63. The number of ketones is 1. The van der Waals surface area contributed by atoms with E-state index in [1.54, 1.807) is 6.20 Å². The third-order valence-electron chi connectivity index (χ3n) is 2.63. The highest BCUT2D eigenvalue weighted by atomic mass is 32.1. The van der Waals surface area contributed by atoms with Crippen LogP contribution in [0.2, 0.25) is 0 Å². The molecule has 82 valence electrons. The van der Waals surface area contributed by atoms with E-state index < -0.39 is 0 Å². The van der Waals surface area contributed by atoms with Gasteiger partial charge in [0.05, 0.1) is 4.88 Å². The van der Waals surface area contributed by atoms with Gasteiger partial charge in [-0.15, -0.1) is 11.3 Å². The number of thiophene rings is 1. The van der Waals surface area contributed by atoms with Crippen molar-refractivity contribution in [2.75, 3.05) is 0 Å². The zero-order chi connectivity index (χ0) is 11.7. The van der Waals surface area contributed by atoms with Crippen LogP contribution >= 0.6 is 11.3 Å². The molecule has 0 atom stereocenters. The van der Waals surface area contributed by atoms with Gasteiger partial charge in [0.25, 0.3) is 0 Å². The van der Waals surface area contributed by atoms with Crippen molar-refractivity contribution in [3.8, 4) is 0 Å². The number of hydrogen-bond acceptors (Lipinski definition) is 3. The predicted molar refractivity (Wildman–Crippen MR) is 69.5 cm³/mol. The Morgan fingerprint density at radius 1 is 1.06 bits per heavy atom. The van der Waals surface area contributed by atoms with E-state index in [0.29, 0.717) is 5.69 Å². The smallest absolute Gasteiger partial charge is 0.221 e. The topological polar surface area (TPSA) is 30.0 Å². The Morgan fingerprint density at radius 2 is 1.94 bits per heavy atom. The predicted octanol–water partition coefficient (Wildman–Crippen LogP) is 3.53. The van der Waals surface area contributed by atoms with Crippen LogP contribution in [0, 0.1) is 0 Å². The number of carbonyl (C=O) groups excluding carboxylic acids is 1. The molecule has 0 unspecified atom stereocenters. The Balaban J connectivity index is 2.21. The molecule has 0 aliphatic rings. The third kappa shape index (κ3) is 1.74. The summed E-state index contributed by atoms with van der Waals surface area (Å²) >= 11 is 1.44. The van der Waals surface area contributed by atoms with Gasteiger partial charge < -0.3 is 0 Å². The Labute approximate surface area is 103 Å². The molecule has 3 heteroatoms. The number of rotatable bonds is 2. The van der Waals surface area contributed by atoms with Gasteiger partial charge in [-0.05, 0) is 22.9 Å². The minimum Gasteiger partial charge on any atom is -0.286 e. The van der Waals surface area contributed by atoms with Gasteiger partial charge in [-0.1, -0.05) is 30.3 Å². The fraction of sp³-hybridized carbons (Fsp3) is 0. The molecule has 0 bridgehead atoms. The SMILES string of the molecule is O=C(c1cccs1)c1nccc2ccccc12. The maximum Gasteiger partial charge on any atom is 0.221 e. The molecular weight excluding hydrogens is 230 g/mol. The Morgan fingerprint density at radius 3 is 2.76 bits per heavy atom. The minimum atomic E-state index is -0.00296. The average molecular weight is 239 g/mol. The molecule has 0 fully saturated rings. The molecule has 0 aliphatic carbocycles. The van der Waals surface area contributed by atoms with E-state index in [1.807, 2.05) is 47.8 Å². The maximum atomic E-state index is 12.3. The monoisotopic (exact) mass is 239 g/mol. The summed E-state index contributed by atoms with van der Waals surface area (Å²) in [4.78, 5) is 17.2. The van der Waals surface area contributed by atoms with Crippen molar-refractivity contribution in [1.82, 2.24) is 4.98 Å². The largest absolute Gasteiger partial charge is 0.286 e. The van der Waals surface area contributed by atoms with Crippen LogP contribution in [0.15, 0.2) is 54.0 Å². The lowest BCUT2D eigenvalue weighted by Gasteiger charge is -2.02. The van der Waals surface area contributed by atoms with Gasteiger partial charge in [-0.25, -0.2) is 0 Å². The molecule has 3 aromatic rings. The molecule has 3 rings (SSSR count). The first-order chi connectivity index (χ1) is 8.36. The summed E-state index contributed by atoms with van der Waals surface area (Å²) in [6.45, 7) is 0. The molecule has 2 nitrogen and oxygen atoms in total. The van der Waals surface area contributed by atoms with Crippen molar-refractivity contribution in [1.29, 1.82) is 0 Å². The fourth-order valence-corrected chi connectivity index (χ4v) is 2.49. The van der Waals surface area contributed by atoms with E-state index in [2.05, 4.69) is 4.98 Å². The molecule has 0 amide bonds. The van der Waals surface area contributed by atoms with E-state index in [0.717, 1.165) is 15.6 Å². The van der Waals surface area contributed by atoms with Crippen LogP contribution in [0.4, 0.5) is 0 Å². The highest BCUT2D eigenvalue weighted by Crippen LogP contribution is 2.21. The number of carbonyl (C=O) groups is 1. The molecule has 1 aromatic carbocycles. The Hall–Kier alpha value is -2.00. The minimum absolute atomic E-state index is 0.00296. The van der Waals surface area contributed by atoms with E-state index in [1.165, 1.54) is 11.3 Å². The van der Waals surface area contributed by atoms with Crippen LogP contribution in [0.3, 0.4) is 0 Å². The number of fused-ring (bicyclic) bond motifs is 1. The highest BCUT2D eigenvalue weighted by molar-refractivity contribution is 7.12. The molecule has 2 heterocycles. The van der Waals surface area contributed by atoms with Crippen molar-refractivity contribution in [3.63, 3.8) is 0 Å². The van der Waals surface area contributed by atoms with Crippen LogP contribution in [0.1, 0.15) is 15.4 Å². The van der Waals surface area contributed by atoms with Crippen LogP contribution in [-0.4, -0.2) is 10.8 Å². The first kappa shape index (κ1) is 10.2. The molecule has 17 heavy (non-hydrogen) atoms. The molecule has 0 aliphatic heterocycles. The normalized spacial score (nSPS) is 10.6. The highest BCUT2D eigenvalue weighted by Gasteiger charge is 2.14. The molecule has 0 N–H and O–H groups in total. The van der Waals surface area contributed by atoms with Crippen molar-refractivity contribution in [2.24, 2.45) is 0 Å². The maximum absolute atomic E-state index is 12.3. The summed E-state index contributed by atoms with van der Waals surface area (Å²) < 4.78 is 0. The first-order valence-electron chi connectivity index (χ1n) is 5.28. The molecule has 0 saturated carbocycles. The third-order valence-corrected chi connectivity index (χ3v) is 3.50. The number of benzene rings is 1. The summed E-state index contributed by atoms with van der Waals surface area (Å²) in [5.74, 6) is -0.00296. The van der Waals surface area contributed by atoms with Crippen LogP contribution < -0.4 is 0 Å². The standard InChI is InChI=1S/C14H9NOS/c16-14(12-6-3-9-17-12)13-11-5-2-1-4-10(11)7-8-15-13/h1-9H. The van der Waals surface area contributed by atoms with Gasteiger partial charge >= 0.3 is 0 Å². The van der Waals surface area contributed by atoms with Crippen LogP contribution in [-0.2, 0) is 0 Å². The quantitative estimate of drug-likeness (QED) is 0.640. The molecular formula is C14H9NOS. The number of nitrogens with zero attached hydrogens (tertiary/aromatic N) is 1. The van der Waals surface area contributed by atoms with Crippen LogP contribution in [0.25, 0.3) is 10.8 Å². The molecule has 0 saturated heterocycles. The van der Waals surface area contributed by atoms with Gasteiger partial charge in [0.15, 0.2) is 0 Å². The molecule has 0 radical (unpaired) electrons. The lowest BCUT2D eigenvalue weighted by atomic mass is 10.1. The van der Waals surface area contributed by atoms with E-state index >= 15 is 0 Å². The average Bonchev–Trinajstić information content (AvgIpc) is 2.91. The second kappa shape index (κ2) is 4.11. The summed E-state index contributed by atoms with van der Waals surface area (Å²) in [7, 11) is 0. The Bertz CT molecular complexity index is 668. The van der Waals surface area contributed by atoms with E-state index in [4.69, 9.17) is 0 Å². The van der Waals surface area contributed by atoms with E-state index in [-0.39, 0.29) is 5.78 Å². The van der Waals surface area contributed by atoms with Gasteiger partial charge in [-0.3, -0.25) is 9.78 Å². The van der Waals surface area contributed by atoms with Crippen molar-refractivity contribution >= 4 is 27.9 Å². The summed E-state index contributed by atoms with van der Waals surface area (Å²) in [5.41, 5.74) is 0.533. The molecule has 2 aromatic heterocycles. The number of aromatic nitrogens is 1. The second-order valence-electron chi connectivity index (χ2n) is 3.69. The van der Waals surface area contributed by atoms with Gasteiger partial charge in [-0.2, -0.15) is 0 Å². The van der Waals surface area contributed by atoms with Gasteiger partial charge in [0, 0.05) is 11.6 Å². The summed E-state index contributed by atoms with van der Waals surface area (Å²) in [5, 5.41) is 3.86. The lowest BCUT2D eigenvalue weighted by molar-refractivity contribution is 0.103. The summed E-state index contributed by atoms with van der Waals surface area (Å²) in [6.07, 6.45) is 1.68. The van der Waals surface area contributed by atoms with Crippen molar-refractivity contribution < 1.29 is 4.79 Å². The number of pyridine rings is 1. The summed E-state index contributed by atoms with van der Waals surface area (Å²) in [6, 6.07) is 13.4. The Kier molecular flexibility index (Phi) is 2.46. The lowest BCUT2D eigenvalue weighted by Crippen LogP contribution is -2.02. The fourth-order valence-electron chi connectivity index (χ4n) is 1.83. The van der Waals surface area contributed by atoms with Gasteiger partial charge in [0.2, 0.25) is 5.78 Å². The van der Waals surface area contributed by atoms with Gasteiger partial charge in [0.1, 0.15) is 5.69 Å². The van der Waals surface area contributed by atoms with Crippen molar-refractivity contribution in [3.05, 3.63) is 64.6 Å². The zero-order valence-electron chi connectivity index (χ0n) is 8.96.